The number of β-amino-alcohol motifs (C(OH)–C–C–N with tert-alkyl or cyclic N) is 1. The summed E-state index contributed by atoms with van der Waals surface area (Å²) in [6, 6.07) is 7.54. The number of ether oxygens (including phenoxy) is 1. The van der Waals surface area contributed by atoms with Crippen molar-refractivity contribution in [1.82, 2.24) is 9.88 Å². The van der Waals surface area contributed by atoms with E-state index in [1.807, 2.05) is 36.6 Å². The van der Waals surface area contributed by atoms with Crippen LogP contribution in [-0.2, 0) is 11.4 Å². The molecule has 1 saturated heterocycles. The van der Waals surface area contributed by atoms with Crippen molar-refractivity contribution >= 4 is 23.3 Å². The monoisotopic (exact) mass is 330 g/mol. The average molecular weight is 330 g/mol. The maximum absolute atomic E-state index is 11.8. The highest BCUT2D eigenvalue weighted by Gasteiger charge is 2.26. The zero-order chi connectivity index (χ0) is 16.2. The van der Waals surface area contributed by atoms with Gasteiger partial charge in [-0.1, -0.05) is 12.1 Å². The first-order valence-electron chi connectivity index (χ1n) is 7.39. The molecule has 120 valence electrons. The van der Waals surface area contributed by atoms with Crippen molar-refractivity contribution in [3.63, 3.8) is 0 Å². The molecule has 1 aromatic heterocycles. The first-order chi connectivity index (χ1) is 11.1. The normalized spacial score (nSPS) is 15.0. The van der Waals surface area contributed by atoms with Crippen LogP contribution in [-0.4, -0.2) is 40.1 Å². The van der Waals surface area contributed by atoms with E-state index in [2.05, 4.69) is 4.98 Å². The molecule has 0 spiro atoms. The van der Waals surface area contributed by atoms with Crippen molar-refractivity contribution in [2.24, 2.45) is 0 Å². The summed E-state index contributed by atoms with van der Waals surface area (Å²) in [6.45, 7) is 3.27. The molecule has 1 aromatic carbocycles. The molecular formula is C17H18N2O3S. The van der Waals surface area contributed by atoms with Gasteiger partial charge in [-0.25, -0.2) is 4.98 Å². The third-order valence-corrected chi connectivity index (χ3v) is 4.35. The lowest BCUT2D eigenvalue weighted by Crippen LogP contribution is -2.52. The van der Waals surface area contributed by atoms with Gasteiger partial charge in [0.2, 0.25) is 5.91 Å². The second-order valence-electron chi connectivity index (χ2n) is 5.45. The number of likely N-dealkylation sites (tertiary alicyclic amines) is 1. The van der Waals surface area contributed by atoms with E-state index in [-0.39, 0.29) is 12.0 Å². The maximum Gasteiger partial charge on any atom is 0.246 e. The number of aromatic nitrogens is 1. The Kier molecular flexibility index (Phi) is 4.73. The van der Waals surface area contributed by atoms with Crippen molar-refractivity contribution in [3.8, 4) is 5.75 Å². The number of rotatable bonds is 5. The van der Waals surface area contributed by atoms with Crippen LogP contribution in [0.3, 0.4) is 0 Å². The van der Waals surface area contributed by atoms with Gasteiger partial charge in [0.1, 0.15) is 12.4 Å². The molecule has 0 radical (unpaired) electrons. The van der Waals surface area contributed by atoms with Crippen LogP contribution in [0.1, 0.15) is 16.3 Å². The molecule has 0 atom stereocenters. The first kappa shape index (κ1) is 15.7. The molecule has 3 rings (SSSR count). The summed E-state index contributed by atoms with van der Waals surface area (Å²) < 4.78 is 5.68. The van der Waals surface area contributed by atoms with Crippen molar-refractivity contribution < 1.29 is 14.6 Å². The Bertz CT molecular complexity index is 703. The molecule has 1 amide bonds. The first-order valence-corrected chi connectivity index (χ1v) is 8.27. The second-order valence-corrected chi connectivity index (χ2v) is 6.51. The molecule has 1 aliphatic heterocycles. The molecule has 1 fully saturated rings. The third-order valence-electron chi connectivity index (χ3n) is 3.53. The summed E-state index contributed by atoms with van der Waals surface area (Å²) in [5.74, 6) is 0.694. The van der Waals surface area contributed by atoms with Gasteiger partial charge in [0.05, 0.1) is 16.8 Å². The number of nitrogens with zero attached hydrogens (tertiary/aromatic N) is 2. The topological polar surface area (TPSA) is 62.7 Å². The van der Waals surface area contributed by atoms with Gasteiger partial charge in [0.15, 0.2) is 0 Å². The number of carbonyl (C=O) groups excluding carboxylic acids is 1. The molecule has 23 heavy (non-hydrogen) atoms. The summed E-state index contributed by atoms with van der Waals surface area (Å²) in [4.78, 5) is 17.7. The quantitative estimate of drug-likeness (QED) is 0.854. The van der Waals surface area contributed by atoms with E-state index in [1.165, 1.54) is 6.08 Å². The van der Waals surface area contributed by atoms with Crippen LogP contribution >= 0.6 is 11.3 Å². The van der Waals surface area contributed by atoms with Gasteiger partial charge < -0.3 is 14.7 Å². The lowest BCUT2D eigenvalue weighted by Gasteiger charge is -2.34. The zero-order valence-electron chi connectivity index (χ0n) is 12.8. The van der Waals surface area contributed by atoms with E-state index in [0.717, 1.165) is 22.0 Å². The van der Waals surface area contributed by atoms with E-state index in [4.69, 9.17) is 4.74 Å². The van der Waals surface area contributed by atoms with Gasteiger partial charge in [-0.05, 0) is 30.7 Å². The molecule has 6 heteroatoms. The van der Waals surface area contributed by atoms with Crippen molar-refractivity contribution in [2.75, 3.05) is 13.1 Å². The van der Waals surface area contributed by atoms with Gasteiger partial charge in [0.25, 0.3) is 0 Å². The predicted octanol–water partition coefficient (Wildman–Crippen LogP) is 2.25. The number of hydrogen-bond acceptors (Lipinski definition) is 5. The minimum Gasteiger partial charge on any atom is -0.487 e. The second kappa shape index (κ2) is 6.93. The number of benzene rings is 1. The fourth-order valence-corrected chi connectivity index (χ4v) is 2.81. The van der Waals surface area contributed by atoms with Crippen molar-refractivity contribution in [2.45, 2.75) is 19.6 Å². The number of aliphatic hydroxyl groups is 1. The molecule has 0 aliphatic carbocycles. The fraction of sp³-hybridized carbons (Fsp3) is 0.294. The number of thiazole rings is 1. The van der Waals surface area contributed by atoms with E-state index in [1.54, 1.807) is 22.3 Å². The SMILES string of the molecule is Cc1nc(COc2ccc(/C=C/C(=O)N3CC(O)C3)cc2)cs1. The van der Waals surface area contributed by atoms with Gasteiger partial charge in [0, 0.05) is 24.5 Å². The zero-order valence-corrected chi connectivity index (χ0v) is 13.6. The number of aliphatic hydroxyl groups excluding tert-OH is 1. The molecule has 0 bridgehead atoms. The molecule has 1 aliphatic rings. The predicted molar refractivity (Wildman–Crippen MR) is 89.2 cm³/mol. The average Bonchev–Trinajstić information content (AvgIpc) is 2.94. The summed E-state index contributed by atoms with van der Waals surface area (Å²) in [6.07, 6.45) is 2.92. The molecule has 1 N–H and O–H groups in total. The van der Waals surface area contributed by atoms with E-state index < -0.39 is 0 Å². The van der Waals surface area contributed by atoms with Crippen molar-refractivity contribution in [1.29, 1.82) is 0 Å². The smallest absolute Gasteiger partial charge is 0.246 e. The van der Waals surface area contributed by atoms with Crippen LogP contribution in [0.15, 0.2) is 35.7 Å². The maximum atomic E-state index is 11.8. The fourth-order valence-electron chi connectivity index (χ4n) is 2.22. The van der Waals surface area contributed by atoms with Crippen LogP contribution in [0.25, 0.3) is 6.08 Å². The number of hydrogen-bond donors (Lipinski definition) is 1. The Hall–Kier alpha value is -2.18. The van der Waals surface area contributed by atoms with Crippen LogP contribution in [0.2, 0.25) is 0 Å². The summed E-state index contributed by atoms with van der Waals surface area (Å²) in [5, 5.41) is 12.2. The minimum absolute atomic E-state index is 0.0745. The summed E-state index contributed by atoms with van der Waals surface area (Å²) in [5.41, 5.74) is 1.86. The van der Waals surface area contributed by atoms with E-state index >= 15 is 0 Å². The van der Waals surface area contributed by atoms with E-state index in [0.29, 0.717) is 19.7 Å². The summed E-state index contributed by atoms with van der Waals surface area (Å²) in [7, 11) is 0. The highest BCUT2D eigenvalue weighted by Crippen LogP contribution is 2.16. The Morgan fingerprint density at radius 1 is 1.43 bits per heavy atom. The lowest BCUT2D eigenvalue weighted by molar-refractivity contribution is -0.135. The Morgan fingerprint density at radius 2 is 2.17 bits per heavy atom. The largest absolute Gasteiger partial charge is 0.487 e. The highest BCUT2D eigenvalue weighted by molar-refractivity contribution is 7.09. The number of aryl methyl sites for hydroxylation is 1. The standard InChI is InChI=1S/C17H18N2O3S/c1-12-18-14(11-23-12)10-22-16-5-2-13(3-6-16)4-7-17(21)19-8-15(20)9-19/h2-7,11,15,20H,8-10H2,1H3/b7-4+. The molecule has 2 aromatic rings. The summed E-state index contributed by atoms with van der Waals surface area (Å²) >= 11 is 1.61. The van der Waals surface area contributed by atoms with Gasteiger partial charge in [-0.3, -0.25) is 4.79 Å². The number of carbonyl (C=O) groups is 1. The van der Waals surface area contributed by atoms with Crippen LogP contribution in [0.4, 0.5) is 0 Å². The Balaban J connectivity index is 1.51. The van der Waals surface area contributed by atoms with Gasteiger partial charge in [-0.15, -0.1) is 11.3 Å². The van der Waals surface area contributed by atoms with Gasteiger partial charge in [-0.2, -0.15) is 0 Å². The highest BCUT2D eigenvalue weighted by atomic mass is 32.1. The molecule has 5 nitrogen and oxygen atoms in total. The molecule has 0 saturated carbocycles. The molecule has 2 heterocycles. The lowest BCUT2D eigenvalue weighted by atomic mass is 10.1. The third kappa shape index (κ3) is 4.18. The van der Waals surface area contributed by atoms with Crippen LogP contribution in [0, 0.1) is 6.92 Å². The molecular weight excluding hydrogens is 312 g/mol. The Morgan fingerprint density at radius 3 is 2.78 bits per heavy atom. The number of amides is 1. The van der Waals surface area contributed by atoms with Gasteiger partial charge >= 0.3 is 0 Å². The molecule has 0 unspecified atom stereocenters. The minimum atomic E-state index is -0.370. The van der Waals surface area contributed by atoms with Crippen LogP contribution in [0.5, 0.6) is 5.75 Å². The Labute approximate surface area is 138 Å². The van der Waals surface area contributed by atoms with E-state index in [9.17, 15) is 9.90 Å². The van der Waals surface area contributed by atoms with Crippen LogP contribution < -0.4 is 4.74 Å². The van der Waals surface area contributed by atoms with Crippen molar-refractivity contribution in [3.05, 3.63) is 52.0 Å².